The Morgan fingerprint density at radius 1 is 1.58 bits per heavy atom. The van der Waals surface area contributed by atoms with Crippen LogP contribution in [0.15, 0.2) is 0 Å². The van der Waals surface area contributed by atoms with Gasteiger partial charge in [0.05, 0.1) is 5.69 Å². The van der Waals surface area contributed by atoms with Crippen LogP contribution in [-0.2, 0) is 6.42 Å². The largest absolute Gasteiger partial charge is 0.338 e. The number of carbonyl (C=O) groups is 1. The van der Waals surface area contributed by atoms with Gasteiger partial charge in [0.15, 0.2) is 0 Å². The van der Waals surface area contributed by atoms with Gasteiger partial charge in [0.25, 0.3) is 5.91 Å². The molecular formula is C13H20ClN3OS. The lowest BCUT2D eigenvalue weighted by Crippen LogP contribution is -2.40. The quantitative estimate of drug-likeness (QED) is 0.786. The minimum atomic E-state index is 0.109. The summed E-state index contributed by atoms with van der Waals surface area (Å²) < 4.78 is 3.94. The molecule has 19 heavy (non-hydrogen) atoms. The number of carbonyl (C=O) groups excluding carboxylic acids is 1. The van der Waals surface area contributed by atoms with Gasteiger partial charge in [0.2, 0.25) is 0 Å². The molecule has 0 saturated carbocycles. The van der Waals surface area contributed by atoms with Crippen LogP contribution in [0.2, 0.25) is 0 Å². The van der Waals surface area contributed by atoms with Crippen molar-refractivity contribution >= 4 is 29.0 Å². The summed E-state index contributed by atoms with van der Waals surface area (Å²) in [5.41, 5.74) is 0.858. The second-order valence-electron chi connectivity index (χ2n) is 5.04. The van der Waals surface area contributed by atoms with E-state index in [0.29, 0.717) is 11.8 Å². The highest BCUT2D eigenvalue weighted by atomic mass is 35.5. The lowest BCUT2D eigenvalue weighted by atomic mass is 9.95. The number of likely N-dealkylation sites (tertiary alicyclic amines) is 1. The van der Waals surface area contributed by atoms with Crippen molar-refractivity contribution in [2.24, 2.45) is 5.92 Å². The van der Waals surface area contributed by atoms with Crippen LogP contribution in [0.3, 0.4) is 0 Å². The summed E-state index contributed by atoms with van der Waals surface area (Å²) in [5.74, 6) is 1.33. The van der Waals surface area contributed by atoms with Crippen molar-refractivity contribution in [2.75, 3.05) is 19.0 Å². The first-order chi connectivity index (χ1) is 9.26. The summed E-state index contributed by atoms with van der Waals surface area (Å²) in [4.78, 5) is 15.2. The van der Waals surface area contributed by atoms with Crippen LogP contribution in [0.5, 0.6) is 0 Å². The summed E-state index contributed by atoms with van der Waals surface area (Å²) in [7, 11) is 0. The van der Waals surface area contributed by atoms with E-state index in [-0.39, 0.29) is 5.91 Å². The van der Waals surface area contributed by atoms with E-state index in [4.69, 9.17) is 11.6 Å². The number of alkyl halides is 1. The van der Waals surface area contributed by atoms with Gasteiger partial charge in [0.1, 0.15) is 4.88 Å². The topological polar surface area (TPSA) is 46.1 Å². The van der Waals surface area contributed by atoms with Crippen molar-refractivity contribution in [2.45, 2.75) is 39.0 Å². The Kier molecular flexibility index (Phi) is 5.58. The van der Waals surface area contributed by atoms with Crippen molar-refractivity contribution in [1.82, 2.24) is 14.5 Å². The molecule has 1 amide bonds. The molecule has 2 rings (SSSR count). The average molecular weight is 302 g/mol. The molecule has 1 aromatic heterocycles. The number of piperidine rings is 1. The van der Waals surface area contributed by atoms with Gasteiger partial charge in [-0.3, -0.25) is 4.79 Å². The fourth-order valence-electron chi connectivity index (χ4n) is 2.55. The van der Waals surface area contributed by atoms with Gasteiger partial charge in [-0.25, -0.2) is 0 Å². The highest BCUT2D eigenvalue weighted by Gasteiger charge is 2.27. The summed E-state index contributed by atoms with van der Waals surface area (Å²) in [5, 5.41) is 4.08. The Morgan fingerprint density at radius 2 is 2.42 bits per heavy atom. The highest BCUT2D eigenvalue weighted by Crippen LogP contribution is 2.23. The molecule has 0 bridgehead atoms. The van der Waals surface area contributed by atoms with Crippen molar-refractivity contribution in [3.8, 4) is 0 Å². The first-order valence-corrected chi connectivity index (χ1v) is 8.23. The van der Waals surface area contributed by atoms with E-state index in [1.807, 2.05) is 4.90 Å². The molecular weight excluding hydrogens is 282 g/mol. The molecule has 1 aromatic rings. The SMILES string of the molecule is CCCc1nnsc1C(=O)N1CCCC(CCCl)C1. The molecule has 4 nitrogen and oxygen atoms in total. The molecule has 0 N–H and O–H groups in total. The van der Waals surface area contributed by atoms with Crippen LogP contribution < -0.4 is 0 Å². The van der Waals surface area contributed by atoms with Gasteiger partial charge >= 0.3 is 0 Å². The average Bonchev–Trinajstić information content (AvgIpc) is 2.87. The molecule has 1 atom stereocenters. The van der Waals surface area contributed by atoms with E-state index >= 15 is 0 Å². The predicted octanol–water partition coefficient (Wildman–Crippen LogP) is 2.97. The second kappa shape index (κ2) is 7.20. The summed E-state index contributed by atoms with van der Waals surface area (Å²) in [6, 6.07) is 0. The van der Waals surface area contributed by atoms with E-state index in [1.165, 1.54) is 18.0 Å². The first-order valence-electron chi connectivity index (χ1n) is 6.92. The van der Waals surface area contributed by atoms with Crippen molar-refractivity contribution < 1.29 is 4.79 Å². The van der Waals surface area contributed by atoms with E-state index in [2.05, 4.69) is 16.5 Å². The van der Waals surface area contributed by atoms with Crippen molar-refractivity contribution in [1.29, 1.82) is 0 Å². The van der Waals surface area contributed by atoms with Crippen LogP contribution in [0.4, 0.5) is 0 Å². The Labute approximate surface area is 123 Å². The fourth-order valence-corrected chi connectivity index (χ4v) is 3.54. The maximum absolute atomic E-state index is 12.5. The number of nitrogens with zero attached hydrogens (tertiary/aromatic N) is 3. The molecule has 0 spiro atoms. The summed E-state index contributed by atoms with van der Waals surface area (Å²) in [6.45, 7) is 3.76. The maximum Gasteiger partial charge on any atom is 0.267 e. The Hall–Kier alpha value is -0.680. The van der Waals surface area contributed by atoms with Gasteiger partial charge < -0.3 is 4.90 Å². The molecule has 1 unspecified atom stereocenters. The van der Waals surface area contributed by atoms with Gasteiger partial charge in [0, 0.05) is 19.0 Å². The zero-order chi connectivity index (χ0) is 13.7. The first kappa shape index (κ1) is 14.7. The highest BCUT2D eigenvalue weighted by molar-refractivity contribution is 7.08. The van der Waals surface area contributed by atoms with Crippen LogP contribution in [-0.4, -0.2) is 39.4 Å². The third-order valence-electron chi connectivity index (χ3n) is 3.56. The third kappa shape index (κ3) is 3.66. The lowest BCUT2D eigenvalue weighted by molar-refractivity contribution is 0.0675. The van der Waals surface area contributed by atoms with Gasteiger partial charge in [-0.05, 0) is 43.1 Å². The molecule has 106 valence electrons. The fraction of sp³-hybridized carbons (Fsp3) is 0.769. The van der Waals surface area contributed by atoms with Crippen LogP contribution in [0, 0.1) is 5.92 Å². The molecule has 1 fully saturated rings. The van der Waals surface area contributed by atoms with E-state index < -0.39 is 0 Å². The minimum absolute atomic E-state index is 0.109. The van der Waals surface area contributed by atoms with Gasteiger partial charge in [-0.15, -0.1) is 16.7 Å². The molecule has 0 aromatic carbocycles. The number of hydrogen-bond donors (Lipinski definition) is 0. The zero-order valence-electron chi connectivity index (χ0n) is 11.3. The number of rotatable bonds is 5. The molecule has 1 aliphatic heterocycles. The van der Waals surface area contributed by atoms with E-state index in [0.717, 1.165) is 49.3 Å². The lowest BCUT2D eigenvalue weighted by Gasteiger charge is -2.32. The zero-order valence-corrected chi connectivity index (χ0v) is 12.8. The van der Waals surface area contributed by atoms with E-state index in [9.17, 15) is 4.79 Å². The van der Waals surface area contributed by atoms with Crippen LogP contribution in [0.1, 0.15) is 48.0 Å². The standard InChI is InChI=1S/C13H20ClN3OS/c1-2-4-11-12(19-16-15-11)13(18)17-8-3-5-10(9-17)6-7-14/h10H,2-9H2,1H3. The smallest absolute Gasteiger partial charge is 0.267 e. The van der Waals surface area contributed by atoms with Crippen LogP contribution in [0.25, 0.3) is 0 Å². The van der Waals surface area contributed by atoms with Gasteiger partial charge in [-0.2, -0.15) is 0 Å². The minimum Gasteiger partial charge on any atom is -0.338 e. The molecule has 1 aliphatic rings. The van der Waals surface area contributed by atoms with Crippen LogP contribution >= 0.6 is 23.1 Å². The molecule has 1 saturated heterocycles. The Balaban J connectivity index is 2.04. The molecule has 2 heterocycles. The van der Waals surface area contributed by atoms with E-state index in [1.54, 1.807) is 0 Å². The number of amides is 1. The number of hydrogen-bond acceptors (Lipinski definition) is 4. The van der Waals surface area contributed by atoms with Gasteiger partial charge in [-0.1, -0.05) is 17.8 Å². The molecule has 0 radical (unpaired) electrons. The number of aromatic nitrogens is 2. The molecule has 6 heteroatoms. The molecule has 0 aliphatic carbocycles. The van der Waals surface area contributed by atoms with Crippen molar-refractivity contribution in [3.63, 3.8) is 0 Å². The Bertz CT molecular complexity index is 422. The number of aryl methyl sites for hydroxylation is 1. The Morgan fingerprint density at radius 3 is 3.16 bits per heavy atom. The number of halogens is 1. The van der Waals surface area contributed by atoms with Crippen molar-refractivity contribution in [3.05, 3.63) is 10.6 Å². The normalized spacial score (nSPS) is 19.7. The summed E-state index contributed by atoms with van der Waals surface area (Å²) in [6.07, 6.45) is 5.06. The summed E-state index contributed by atoms with van der Waals surface area (Å²) >= 11 is 7.03. The predicted molar refractivity (Wildman–Crippen MR) is 77.9 cm³/mol. The monoisotopic (exact) mass is 301 g/mol. The second-order valence-corrected chi connectivity index (χ2v) is 6.17. The maximum atomic E-state index is 12.5. The third-order valence-corrected chi connectivity index (χ3v) is 4.53.